The minimum atomic E-state index is -0.303. The van der Waals surface area contributed by atoms with Gasteiger partial charge in [0, 0.05) is 31.0 Å². The summed E-state index contributed by atoms with van der Waals surface area (Å²) in [6, 6.07) is 8.82. The smallest absolute Gasteiger partial charge is 0.320 e. The van der Waals surface area contributed by atoms with E-state index in [4.69, 9.17) is 5.26 Å². The number of carbonyl (C=O) groups is 1. The van der Waals surface area contributed by atoms with E-state index in [1.165, 1.54) is 0 Å². The number of carbonyl (C=O) groups excluding carboxylic acids is 1. The number of imidazole rings is 1. The minimum Gasteiger partial charge on any atom is -0.336 e. The number of rotatable bonds is 5. The van der Waals surface area contributed by atoms with Gasteiger partial charge in [-0.2, -0.15) is 10.4 Å². The highest BCUT2D eigenvalue weighted by Gasteiger charge is 2.15. The monoisotopic (exact) mass is 349 g/mol. The lowest BCUT2D eigenvalue weighted by Crippen LogP contribution is -2.32. The van der Waals surface area contributed by atoms with Gasteiger partial charge in [-0.1, -0.05) is 0 Å². The van der Waals surface area contributed by atoms with Crippen LogP contribution in [-0.2, 0) is 6.54 Å². The summed E-state index contributed by atoms with van der Waals surface area (Å²) in [5.41, 5.74) is 3.05. The molecule has 26 heavy (non-hydrogen) atoms. The number of aryl methyl sites for hydroxylation is 1. The van der Waals surface area contributed by atoms with Gasteiger partial charge in [-0.3, -0.25) is 5.32 Å². The third-order valence-electron chi connectivity index (χ3n) is 4.05. The zero-order valence-corrected chi connectivity index (χ0v) is 14.6. The van der Waals surface area contributed by atoms with Crippen molar-refractivity contribution in [2.75, 3.05) is 11.9 Å². The number of aromatic nitrogens is 4. The fraction of sp³-hybridized carbons (Fsp3) is 0.222. The maximum Gasteiger partial charge on any atom is 0.320 e. The van der Waals surface area contributed by atoms with Crippen LogP contribution in [0.25, 0.3) is 5.69 Å². The summed E-state index contributed by atoms with van der Waals surface area (Å²) in [5, 5.41) is 19.1. The molecule has 0 atom stereocenters. The SMILES string of the molecule is Cc1nn(-c2ccc(C#N)cc2)c(NC(=O)NCCn2ccnc2)c1C. The number of nitriles is 1. The molecule has 1 aromatic carbocycles. The molecule has 0 saturated carbocycles. The van der Waals surface area contributed by atoms with E-state index in [0.717, 1.165) is 16.9 Å². The van der Waals surface area contributed by atoms with Crippen molar-refractivity contribution < 1.29 is 4.79 Å². The Morgan fingerprint density at radius 2 is 2.04 bits per heavy atom. The normalized spacial score (nSPS) is 10.3. The Kier molecular flexibility index (Phi) is 4.99. The zero-order valence-electron chi connectivity index (χ0n) is 14.6. The first-order chi connectivity index (χ1) is 12.6. The summed E-state index contributed by atoms with van der Waals surface area (Å²) in [5.74, 6) is 0.604. The van der Waals surface area contributed by atoms with E-state index >= 15 is 0 Å². The molecule has 8 heteroatoms. The number of nitrogens with one attached hydrogen (secondary N) is 2. The Balaban J connectivity index is 1.72. The van der Waals surface area contributed by atoms with Crippen LogP contribution in [0, 0.1) is 25.2 Å². The van der Waals surface area contributed by atoms with E-state index < -0.39 is 0 Å². The van der Waals surface area contributed by atoms with Gasteiger partial charge in [-0.25, -0.2) is 14.5 Å². The van der Waals surface area contributed by atoms with Crippen molar-refractivity contribution in [3.05, 3.63) is 59.8 Å². The molecule has 0 fully saturated rings. The van der Waals surface area contributed by atoms with Crippen molar-refractivity contribution in [2.45, 2.75) is 20.4 Å². The first-order valence-corrected chi connectivity index (χ1v) is 8.16. The molecule has 0 aliphatic rings. The molecule has 2 amide bonds. The second-order valence-electron chi connectivity index (χ2n) is 5.81. The van der Waals surface area contributed by atoms with Gasteiger partial charge in [-0.05, 0) is 38.1 Å². The first kappa shape index (κ1) is 17.2. The summed E-state index contributed by atoms with van der Waals surface area (Å²) in [4.78, 5) is 16.2. The topological polar surface area (TPSA) is 101 Å². The quantitative estimate of drug-likeness (QED) is 0.738. The van der Waals surface area contributed by atoms with E-state index in [-0.39, 0.29) is 6.03 Å². The van der Waals surface area contributed by atoms with Crippen LogP contribution in [0.4, 0.5) is 10.6 Å². The Morgan fingerprint density at radius 1 is 1.27 bits per heavy atom. The van der Waals surface area contributed by atoms with Crippen molar-refractivity contribution in [3.63, 3.8) is 0 Å². The molecule has 2 heterocycles. The maximum atomic E-state index is 12.3. The van der Waals surface area contributed by atoms with E-state index in [0.29, 0.717) is 24.5 Å². The highest BCUT2D eigenvalue weighted by Crippen LogP contribution is 2.22. The average Bonchev–Trinajstić information content (AvgIpc) is 3.26. The van der Waals surface area contributed by atoms with Crippen LogP contribution in [0.5, 0.6) is 0 Å². The molecule has 0 radical (unpaired) electrons. The number of amides is 2. The van der Waals surface area contributed by atoms with Crippen LogP contribution in [0.3, 0.4) is 0 Å². The van der Waals surface area contributed by atoms with Crippen LogP contribution >= 0.6 is 0 Å². The molecule has 2 aromatic heterocycles. The third-order valence-corrected chi connectivity index (χ3v) is 4.05. The highest BCUT2D eigenvalue weighted by molar-refractivity contribution is 5.89. The summed E-state index contributed by atoms with van der Waals surface area (Å²) in [7, 11) is 0. The number of anilines is 1. The molecule has 8 nitrogen and oxygen atoms in total. The fourth-order valence-electron chi connectivity index (χ4n) is 2.49. The number of hydrogen-bond acceptors (Lipinski definition) is 4. The predicted molar refractivity (Wildman–Crippen MR) is 97.0 cm³/mol. The molecule has 0 saturated heterocycles. The zero-order chi connectivity index (χ0) is 18.5. The van der Waals surface area contributed by atoms with Gasteiger partial charge in [0.2, 0.25) is 0 Å². The van der Waals surface area contributed by atoms with Crippen molar-refractivity contribution >= 4 is 11.8 Å². The lowest BCUT2D eigenvalue weighted by atomic mass is 10.2. The second kappa shape index (κ2) is 7.53. The van der Waals surface area contributed by atoms with Crippen molar-refractivity contribution in [1.29, 1.82) is 5.26 Å². The van der Waals surface area contributed by atoms with E-state index in [1.54, 1.807) is 41.5 Å². The van der Waals surface area contributed by atoms with Crippen molar-refractivity contribution in [2.24, 2.45) is 0 Å². The van der Waals surface area contributed by atoms with Crippen LogP contribution in [-0.4, -0.2) is 31.9 Å². The molecule has 2 N–H and O–H groups in total. The molecule has 0 aliphatic carbocycles. The van der Waals surface area contributed by atoms with Crippen LogP contribution in [0.2, 0.25) is 0 Å². The van der Waals surface area contributed by atoms with Gasteiger partial charge >= 0.3 is 6.03 Å². The number of benzene rings is 1. The lowest BCUT2D eigenvalue weighted by molar-refractivity contribution is 0.251. The van der Waals surface area contributed by atoms with Crippen LogP contribution in [0.1, 0.15) is 16.8 Å². The molecular weight excluding hydrogens is 330 g/mol. The van der Waals surface area contributed by atoms with Gasteiger partial charge in [-0.15, -0.1) is 0 Å². The fourth-order valence-corrected chi connectivity index (χ4v) is 2.49. The molecule has 0 aliphatic heterocycles. The Morgan fingerprint density at radius 3 is 2.69 bits per heavy atom. The van der Waals surface area contributed by atoms with E-state index in [9.17, 15) is 4.79 Å². The Bertz CT molecular complexity index is 933. The number of nitrogens with zero attached hydrogens (tertiary/aromatic N) is 5. The van der Waals surface area contributed by atoms with Gasteiger partial charge in [0.15, 0.2) is 0 Å². The number of hydrogen-bond donors (Lipinski definition) is 2. The summed E-state index contributed by atoms with van der Waals surface area (Å²) in [6.07, 6.45) is 5.24. The molecule has 0 bridgehead atoms. The average molecular weight is 349 g/mol. The first-order valence-electron chi connectivity index (χ1n) is 8.16. The molecule has 132 valence electrons. The van der Waals surface area contributed by atoms with Crippen molar-refractivity contribution in [3.8, 4) is 11.8 Å². The maximum absolute atomic E-state index is 12.3. The number of urea groups is 1. The van der Waals surface area contributed by atoms with Crippen molar-refractivity contribution in [1.82, 2.24) is 24.6 Å². The highest BCUT2D eigenvalue weighted by atomic mass is 16.2. The summed E-state index contributed by atoms with van der Waals surface area (Å²) < 4.78 is 3.55. The van der Waals surface area contributed by atoms with Gasteiger partial charge in [0.1, 0.15) is 5.82 Å². The van der Waals surface area contributed by atoms with Crippen LogP contribution < -0.4 is 10.6 Å². The van der Waals surface area contributed by atoms with Gasteiger partial charge in [0.05, 0.1) is 29.3 Å². The molecule has 3 aromatic rings. The molecule has 0 spiro atoms. The standard InChI is InChI=1S/C18H19N7O/c1-13-14(2)23-25(16-5-3-15(11-19)4-6-16)17(13)22-18(26)21-8-10-24-9-7-20-12-24/h3-7,9,12H,8,10H2,1-2H3,(H2,21,22,26). The van der Waals surface area contributed by atoms with E-state index in [2.05, 4.69) is 26.8 Å². The molecular formula is C18H19N7O. The predicted octanol–water partition coefficient (Wildman–Crippen LogP) is 2.38. The largest absolute Gasteiger partial charge is 0.336 e. The third kappa shape index (κ3) is 3.72. The summed E-state index contributed by atoms with van der Waals surface area (Å²) >= 11 is 0. The van der Waals surface area contributed by atoms with Crippen LogP contribution in [0.15, 0.2) is 43.0 Å². The second-order valence-corrected chi connectivity index (χ2v) is 5.81. The summed E-state index contributed by atoms with van der Waals surface area (Å²) in [6.45, 7) is 4.91. The van der Waals surface area contributed by atoms with Gasteiger partial charge in [0.25, 0.3) is 0 Å². The minimum absolute atomic E-state index is 0.303. The molecule has 3 rings (SSSR count). The van der Waals surface area contributed by atoms with E-state index in [1.807, 2.05) is 24.6 Å². The van der Waals surface area contributed by atoms with Gasteiger partial charge < -0.3 is 9.88 Å². The Labute approximate surface area is 151 Å². The Hall–Kier alpha value is -3.60. The molecule has 0 unspecified atom stereocenters. The lowest BCUT2D eigenvalue weighted by Gasteiger charge is -2.11.